The molecule has 2 heterocycles. The zero-order chi connectivity index (χ0) is 19.2. The average molecular weight is 369 g/mol. The van der Waals surface area contributed by atoms with Crippen LogP contribution in [-0.4, -0.2) is 71.3 Å². The molecule has 1 fully saturated rings. The molecule has 9 heteroatoms. The highest BCUT2D eigenvalue weighted by Crippen LogP contribution is 2.15. The first kappa shape index (κ1) is 18.3. The molecule has 0 bridgehead atoms. The van der Waals surface area contributed by atoms with Gasteiger partial charge in [0.05, 0.1) is 25.1 Å². The molecule has 0 atom stereocenters. The van der Waals surface area contributed by atoms with E-state index in [4.69, 9.17) is 0 Å². The summed E-state index contributed by atoms with van der Waals surface area (Å²) in [5, 5.41) is 3.05. The van der Waals surface area contributed by atoms with Crippen LogP contribution in [0.15, 0.2) is 36.7 Å². The molecule has 9 nitrogen and oxygen atoms in total. The first-order valence-corrected chi connectivity index (χ1v) is 8.37. The fraction of sp³-hybridized carbons (Fsp3) is 0.278. The van der Waals surface area contributed by atoms with Crippen LogP contribution in [0.5, 0.6) is 0 Å². The van der Waals surface area contributed by atoms with E-state index in [2.05, 4.69) is 20.0 Å². The van der Waals surface area contributed by atoms with Gasteiger partial charge in [-0.25, -0.2) is 14.8 Å². The van der Waals surface area contributed by atoms with Gasteiger partial charge in [0.15, 0.2) is 0 Å². The summed E-state index contributed by atoms with van der Waals surface area (Å²) < 4.78 is 4.65. The number of aromatic nitrogens is 2. The lowest BCUT2D eigenvalue weighted by Gasteiger charge is -2.32. The fourth-order valence-electron chi connectivity index (χ4n) is 2.65. The van der Waals surface area contributed by atoms with Gasteiger partial charge < -0.3 is 19.9 Å². The predicted molar refractivity (Wildman–Crippen MR) is 96.6 cm³/mol. The van der Waals surface area contributed by atoms with Crippen molar-refractivity contribution < 1.29 is 19.1 Å². The molecule has 3 rings (SSSR count). The van der Waals surface area contributed by atoms with Crippen LogP contribution in [-0.2, 0) is 9.53 Å². The summed E-state index contributed by atoms with van der Waals surface area (Å²) in [4.78, 5) is 46.3. The van der Waals surface area contributed by atoms with Gasteiger partial charge in [-0.3, -0.25) is 9.59 Å². The van der Waals surface area contributed by atoms with E-state index in [0.717, 1.165) is 12.1 Å². The number of nitrogens with one attached hydrogen (secondary N) is 1. The van der Waals surface area contributed by atoms with Crippen LogP contribution in [0.4, 0.5) is 11.5 Å². The molecule has 0 spiro atoms. The standard InChI is InChI=1S/C18H19N5O4/c1-27-18(26)13-2-4-14(5-3-13)21-16-11-19-15(10-20-16)17(25)23-8-6-22(12-24)7-9-23/h2-5,10-12H,6-9H2,1H3,(H,20,21). The lowest BCUT2D eigenvalue weighted by atomic mass is 10.2. The number of rotatable bonds is 5. The zero-order valence-electron chi connectivity index (χ0n) is 14.8. The SMILES string of the molecule is COC(=O)c1ccc(Nc2cnc(C(=O)N3CCN(C=O)CC3)cn2)cc1. The Bertz CT molecular complexity index is 815. The molecule has 0 aliphatic carbocycles. The smallest absolute Gasteiger partial charge is 0.337 e. The topological polar surface area (TPSA) is 105 Å². The van der Waals surface area contributed by atoms with Crippen molar-refractivity contribution in [2.45, 2.75) is 0 Å². The van der Waals surface area contributed by atoms with Crippen LogP contribution < -0.4 is 5.32 Å². The average Bonchev–Trinajstić information content (AvgIpc) is 2.74. The molecule has 140 valence electrons. The second kappa shape index (κ2) is 8.26. The molecule has 1 aromatic heterocycles. The number of esters is 1. The number of amides is 2. The van der Waals surface area contributed by atoms with Gasteiger partial charge in [-0.05, 0) is 24.3 Å². The molecule has 2 amide bonds. The minimum atomic E-state index is -0.404. The molecule has 1 N–H and O–H groups in total. The number of nitrogens with zero attached hydrogens (tertiary/aromatic N) is 4. The number of carbonyl (C=O) groups is 3. The van der Waals surface area contributed by atoms with Crippen molar-refractivity contribution in [3.05, 3.63) is 47.9 Å². The van der Waals surface area contributed by atoms with E-state index in [9.17, 15) is 14.4 Å². The molecule has 2 aromatic rings. The highest BCUT2D eigenvalue weighted by Gasteiger charge is 2.22. The molecule has 0 saturated carbocycles. The normalized spacial score (nSPS) is 13.8. The second-order valence-corrected chi connectivity index (χ2v) is 5.91. The van der Waals surface area contributed by atoms with Crippen LogP contribution in [0.3, 0.4) is 0 Å². The predicted octanol–water partition coefficient (Wildman–Crippen LogP) is 0.921. The molecular weight excluding hydrogens is 350 g/mol. The lowest BCUT2D eigenvalue weighted by molar-refractivity contribution is -0.119. The van der Waals surface area contributed by atoms with E-state index >= 15 is 0 Å². The maximum atomic E-state index is 12.4. The van der Waals surface area contributed by atoms with Gasteiger partial charge >= 0.3 is 5.97 Å². The third kappa shape index (κ3) is 4.38. The number of hydrogen-bond acceptors (Lipinski definition) is 7. The lowest BCUT2D eigenvalue weighted by Crippen LogP contribution is -2.48. The Labute approximate surface area is 156 Å². The maximum Gasteiger partial charge on any atom is 0.337 e. The monoisotopic (exact) mass is 369 g/mol. The van der Waals surface area contributed by atoms with Gasteiger partial charge in [-0.2, -0.15) is 0 Å². The molecule has 1 aromatic carbocycles. The first-order valence-electron chi connectivity index (χ1n) is 8.37. The summed E-state index contributed by atoms with van der Waals surface area (Å²) in [7, 11) is 1.33. The van der Waals surface area contributed by atoms with Crippen molar-refractivity contribution in [2.24, 2.45) is 0 Å². The van der Waals surface area contributed by atoms with Gasteiger partial charge in [0.1, 0.15) is 11.5 Å². The molecule has 0 unspecified atom stereocenters. The number of anilines is 2. The van der Waals surface area contributed by atoms with Gasteiger partial charge in [0, 0.05) is 31.9 Å². The Morgan fingerprint density at radius 1 is 1.07 bits per heavy atom. The fourth-order valence-corrected chi connectivity index (χ4v) is 2.65. The minimum absolute atomic E-state index is 0.206. The highest BCUT2D eigenvalue weighted by atomic mass is 16.5. The largest absolute Gasteiger partial charge is 0.465 e. The Morgan fingerprint density at radius 2 is 1.78 bits per heavy atom. The Balaban J connectivity index is 1.61. The summed E-state index contributed by atoms with van der Waals surface area (Å²) in [6.07, 6.45) is 3.68. The van der Waals surface area contributed by atoms with Crippen molar-refractivity contribution in [2.75, 3.05) is 38.6 Å². The van der Waals surface area contributed by atoms with Gasteiger partial charge in [-0.15, -0.1) is 0 Å². The molecule has 0 radical (unpaired) electrons. The van der Waals surface area contributed by atoms with E-state index < -0.39 is 5.97 Å². The van der Waals surface area contributed by atoms with E-state index in [1.165, 1.54) is 19.5 Å². The van der Waals surface area contributed by atoms with Gasteiger partial charge in [-0.1, -0.05) is 0 Å². The summed E-state index contributed by atoms with van der Waals surface area (Å²) in [5.74, 6) is -0.136. The van der Waals surface area contributed by atoms with Crippen molar-refractivity contribution in [1.82, 2.24) is 19.8 Å². The number of benzene rings is 1. The van der Waals surface area contributed by atoms with Crippen LogP contribution in [0, 0.1) is 0 Å². The minimum Gasteiger partial charge on any atom is -0.465 e. The molecule has 1 saturated heterocycles. The summed E-state index contributed by atoms with van der Waals surface area (Å²) in [6.45, 7) is 1.99. The second-order valence-electron chi connectivity index (χ2n) is 5.91. The summed E-state index contributed by atoms with van der Waals surface area (Å²) >= 11 is 0. The summed E-state index contributed by atoms with van der Waals surface area (Å²) in [6, 6.07) is 6.72. The van der Waals surface area contributed by atoms with Crippen molar-refractivity contribution >= 4 is 29.8 Å². The van der Waals surface area contributed by atoms with Crippen LogP contribution in [0.1, 0.15) is 20.8 Å². The number of piperazine rings is 1. The summed E-state index contributed by atoms with van der Waals surface area (Å²) in [5.41, 5.74) is 1.42. The molecule has 1 aliphatic heterocycles. The van der Waals surface area contributed by atoms with Crippen LogP contribution in [0.25, 0.3) is 0 Å². The van der Waals surface area contributed by atoms with Crippen molar-refractivity contribution in [3.8, 4) is 0 Å². The van der Waals surface area contributed by atoms with Gasteiger partial charge in [0.2, 0.25) is 6.41 Å². The number of ether oxygens (including phenoxy) is 1. The van der Waals surface area contributed by atoms with E-state index in [-0.39, 0.29) is 11.6 Å². The van der Waals surface area contributed by atoms with Gasteiger partial charge in [0.25, 0.3) is 5.91 Å². The Hall–Kier alpha value is -3.49. The first-order chi connectivity index (χ1) is 13.1. The zero-order valence-corrected chi connectivity index (χ0v) is 14.8. The molecule has 27 heavy (non-hydrogen) atoms. The number of carbonyl (C=O) groups excluding carboxylic acids is 3. The van der Waals surface area contributed by atoms with Crippen LogP contribution >= 0.6 is 0 Å². The van der Waals surface area contributed by atoms with Crippen molar-refractivity contribution in [3.63, 3.8) is 0 Å². The van der Waals surface area contributed by atoms with E-state index in [1.807, 2.05) is 0 Å². The Kier molecular flexibility index (Phi) is 5.60. The highest BCUT2D eigenvalue weighted by molar-refractivity contribution is 5.92. The molecular formula is C18H19N5O4. The number of hydrogen-bond donors (Lipinski definition) is 1. The Morgan fingerprint density at radius 3 is 2.33 bits per heavy atom. The van der Waals surface area contributed by atoms with Crippen LogP contribution in [0.2, 0.25) is 0 Å². The maximum absolute atomic E-state index is 12.4. The molecule has 1 aliphatic rings. The quantitative estimate of drug-likeness (QED) is 0.617. The van der Waals surface area contributed by atoms with E-state index in [0.29, 0.717) is 37.6 Å². The van der Waals surface area contributed by atoms with E-state index in [1.54, 1.807) is 34.1 Å². The number of methoxy groups -OCH3 is 1. The third-order valence-corrected chi connectivity index (χ3v) is 4.20. The van der Waals surface area contributed by atoms with Crippen molar-refractivity contribution in [1.29, 1.82) is 0 Å². The third-order valence-electron chi connectivity index (χ3n) is 4.20.